The molecule has 1 aromatic rings. The molecule has 0 bridgehead atoms. The van der Waals surface area contributed by atoms with Crippen molar-refractivity contribution in [3.05, 3.63) is 35.9 Å². The largest absolute Gasteiger partial charge is 0.461 e. The Kier molecular flexibility index (Phi) is 8.08. The van der Waals surface area contributed by atoms with Gasteiger partial charge in [0.1, 0.15) is 6.61 Å². The molecular weight excluding hydrogens is 272 g/mol. The third-order valence-electron chi connectivity index (χ3n) is 4.66. The molecule has 1 aliphatic rings. The van der Waals surface area contributed by atoms with Crippen LogP contribution in [0, 0.1) is 5.92 Å². The summed E-state index contributed by atoms with van der Waals surface area (Å²) < 4.78 is 5.55. The molecular formula is C20H30O2. The van der Waals surface area contributed by atoms with Crippen molar-refractivity contribution in [3.8, 4) is 0 Å². The summed E-state index contributed by atoms with van der Waals surface area (Å²) in [6.45, 7) is 0.413. The third kappa shape index (κ3) is 6.64. The molecule has 0 heterocycles. The standard InChI is InChI=1S/C20H30O2/c21-20(22-17-18-13-9-8-10-14-18)19-15-11-6-4-2-1-3-5-7-12-16-19/h8-10,13-14,19H,1-7,11-12,15-17H2. The van der Waals surface area contributed by atoms with Gasteiger partial charge in [0.25, 0.3) is 0 Å². The molecule has 2 nitrogen and oxygen atoms in total. The SMILES string of the molecule is O=C(OCc1ccccc1)C1CCCCCCCCCCC1. The molecule has 0 aliphatic heterocycles. The molecule has 2 heteroatoms. The van der Waals surface area contributed by atoms with Crippen LogP contribution in [0.5, 0.6) is 0 Å². The van der Waals surface area contributed by atoms with Crippen molar-refractivity contribution < 1.29 is 9.53 Å². The van der Waals surface area contributed by atoms with E-state index in [1.54, 1.807) is 0 Å². The second-order valence-electron chi connectivity index (χ2n) is 6.55. The van der Waals surface area contributed by atoms with Crippen LogP contribution in [0.3, 0.4) is 0 Å². The fourth-order valence-electron chi connectivity index (χ4n) is 3.25. The highest BCUT2D eigenvalue weighted by atomic mass is 16.5. The van der Waals surface area contributed by atoms with Gasteiger partial charge in [0, 0.05) is 0 Å². The van der Waals surface area contributed by atoms with Gasteiger partial charge in [-0.2, -0.15) is 0 Å². The molecule has 1 aromatic carbocycles. The number of hydrogen-bond acceptors (Lipinski definition) is 2. The van der Waals surface area contributed by atoms with Crippen LogP contribution in [0.2, 0.25) is 0 Å². The summed E-state index contributed by atoms with van der Waals surface area (Å²) in [5.41, 5.74) is 1.07. The zero-order valence-electron chi connectivity index (χ0n) is 13.8. The van der Waals surface area contributed by atoms with Crippen molar-refractivity contribution in [1.82, 2.24) is 0 Å². The number of hydrogen-bond donors (Lipinski definition) is 0. The van der Waals surface area contributed by atoms with Gasteiger partial charge in [0.2, 0.25) is 0 Å². The Morgan fingerprint density at radius 2 is 1.32 bits per heavy atom. The van der Waals surface area contributed by atoms with Crippen LogP contribution in [0.15, 0.2) is 30.3 Å². The van der Waals surface area contributed by atoms with Crippen LogP contribution < -0.4 is 0 Å². The average Bonchev–Trinajstić information content (AvgIpc) is 2.54. The van der Waals surface area contributed by atoms with Crippen LogP contribution in [0.4, 0.5) is 0 Å². The van der Waals surface area contributed by atoms with Gasteiger partial charge >= 0.3 is 5.97 Å². The number of carbonyl (C=O) groups is 1. The van der Waals surface area contributed by atoms with Gasteiger partial charge in [-0.25, -0.2) is 0 Å². The Morgan fingerprint density at radius 1 is 0.818 bits per heavy atom. The minimum absolute atomic E-state index is 0.0147. The lowest BCUT2D eigenvalue weighted by Crippen LogP contribution is -2.18. The van der Waals surface area contributed by atoms with Gasteiger partial charge in [-0.15, -0.1) is 0 Å². The van der Waals surface area contributed by atoms with Crippen LogP contribution in [-0.2, 0) is 16.1 Å². The van der Waals surface area contributed by atoms with E-state index in [0.717, 1.165) is 18.4 Å². The van der Waals surface area contributed by atoms with E-state index in [2.05, 4.69) is 0 Å². The highest BCUT2D eigenvalue weighted by Crippen LogP contribution is 2.22. The number of rotatable bonds is 3. The zero-order chi connectivity index (χ0) is 15.5. The van der Waals surface area contributed by atoms with Crippen LogP contribution in [0.1, 0.15) is 76.2 Å². The van der Waals surface area contributed by atoms with Crippen molar-refractivity contribution in [2.75, 3.05) is 0 Å². The summed E-state index contributed by atoms with van der Waals surface area (Å²) >= 11 is 0. The molecule has 1 aliphatic carbocycles. The lowest BCUT2D eigenvalue weighted by atomic mass is 9.93. The fraction of sp³-hybridized carbons (Fsp3) is 0.650. The molecule has 122 valence electrons. The maximum absolute atomic E-state index is 12.4. The fourth-order valence-corrected chi connectivity index (χ4v) is 3.25. The maximum Gasteiger partial charge on any atom is 0.309 e. The van der Waals surface area contributed by atoms with E-state index in [4.69, 9.17) is 4.74 Å². The minimum Gasteiger partial charge on any atom is -0.461 e. The zero-order valence-corrected chi connectivity index (χ0v) is 13.8. The van der Waals surface area contributed by atoms with E-state index >= 15 is 0 Å². The van der Waals surface area contributed by atoms with Crippen molar-refractivity contribution in [2.24, 2.45) is 5.92 Å². The molecule has 22 heavy (non-hydrogen) atoms. The molecule has 0 saturated heterocycles. The molecule has 0 aromatic heterocycles. The van der Waals surface area contributed by atoms with Gasteiger partial charge in [-0.1, -0.05) is 88.1 Å². The van der Waals surface area contributed by atoms with Crippen molar-refractivity contribution in [3.63, 3.8) is 0 Å². The first-order valence-electron chi connectivity index (χ1n) is 9.07. The highest BCUT2D eigenvalue weighted by molar-refractivity contribution is 5.72. The molecule has 0 spiro atoms. The molecule has 0 unspecified atom stereocenters. The van der Waals surface area contributed by atoms with Gasteiger partial charge < -0.3 is 4.74 Å². The summed E-state index contributed by atoms with van der Waals surface area (Å²) in [7, 11) is 0. The second kappa shape index (κ2) is 10.4. The first-order chi connectivity index (χ1) is 10.9. The summed E-state index contributed by atoms with van der Waals surface area (Å²) in [6, 6.07) is 9.97. The highest BCUT2D eigenvalue weighted by Gasteiger charge is 2.19. The lowest BCUT2D eigenvalue weighted by molar-refractivity contribution is -0.150. The Labute approximate surface area is 135 Å². The monoisotopic (exact) mass is 302 g/mol. The summed E-state index contributed by atoms with van der Waals surface area (Å²) in [6.07, 6.45) is 13.7. The smallest absolute Gasteiger partial charge is 0.309 e. The molecule has 1 fully saturated rings. The molecule has 1 saturated carbocycles. The Bertz CT molecular complexity index is 401. The van der Waals surface area contributed by atoms with Gasteiger partial charge in [-0.05, 0) is 18.4 Å². The average molecular weight is 302 g/mol. The van der Waals surface area contributed by atoms with Crippen molar-refractivity contribution in [1.29, 1.82) is 0 Å². The third-order valence-corrected chi connectivity index (χ3v) is 4.66. The summed E-state index contributed by atoms with van der Waals surface area (Å²) in [5.74, 6) is 0.129. The Morgan fingerprint density at radius 3 is 1.86 bits per heavy atom. The van der Waals surface area contributed by atoms with E-state index < -0.39 is 0 Å². The molecule has 0 N–H and O–H groups in total. The molecule has 0 radical (unpaired) electrons. The summed E-state index contributed by atoms with van der Waals surface area (Å²) in [5, 5.41) is 0. The van der Waals surface area contributed by atoms with E-state index in [1.165, 1.54) is 57.8 Å². The predicted octanol–water partition coefficient (Wildman–Crippen LogP) is 5.65. The van der Waals surface area contributed by atoms with Gasteiger partial charge in [0.05, 0.1) is 5.92 Å². The molecule has 0 atom stereocenters. The van der Waals surface area contributed by atoms with Crippen LogP contribution in [-0.4, -0.2) is 5.97 Å². The second-order valence-corrected chi connectivity index (χ2v) is 6.55. The topological polar surface area (TPSA) is 26.3 Å². The van der Waals surface area contributed by atoms with Crippen LogP contribution in [0.25, 0.3) is 0 Å². The number of carbonyl (C=O) groups excluding carboxylic acids is 1. The van der Waals surface area contributed by atoms with E-state index in [0.29, 0.717) is 6.61 Å². The molecule has 0 amide bonds. The van der Waals surface area contributed by atoms with E-state index in [9.17, 15) is 4.79 Å². The van der Waals surface area contributed by atoms with Crippen molar-refractivity contribution in [2.45, 2.75) is 77.2 Å². The number of ether oxygens (including phenoxy) is 1. The van der Waals surface area contributed by atoms with E-state index in [1.807, 2.05) is 30.3 Å². The van der Waals surface area contributed by atoms with Gasteiger partial charge in [-0.3, -0.25) is 4.79 Å². The predicted molar refractivity (Wildman–Crippen MR) is 90.5 cm³/mol. The quantitative estimate of drug-likeness (QED) is 0.674. The summed E-state index contributed by atoms with van der Waals surface area (Å²) in [4.78, 5) is 12.4. The molecule has 2 rings (SSSR count). The normalized spacial score (nSPS) is 18.9. The number of benzene rings is 1. The number of esters is 1. The van der Waals surface area contributed by atoms with Gasteiger partial charge in [0.15, 0.2) is 0 Å². The minimum atomic E-state index is 0.0147. The Hall–Kier alpha value is -1.31. The first-order valence-corrected chi connectivity index (χ1v) is 9.07. The van der Waals surface area contributed by atoms with E-state index in [-0.39, 0.29) is 11.9 Å². The van der Waals surface area contributed by atoms with Crippen LogP contribution >= 0.6 is 0 Å². The Balaban J connectivity index is 1.78. The van der Waals surface area contributed by atoms with Crippen molar-refractivity contribution >= 4 is 5.97 Å². The first kappa shape index (κ1) is 17.1. The lowest BCUT2D eigenvalue weighted by Gasteiger charge is -2.17. The maximum atomic E-state index is 12.4.